The summed E-state index contributed by atoms with van der Waals surface area (Å²) in [5, 5.41) is 4.75. The van der Waals surface area contributed by atoms with E-state index in [1.807, 2.05) is 11.3 Å². The largest absolute Gasteiger partial charge is 0.316 e. The van der Waals surface area contributed by atoms with E-state index in [-0.39, 0.29) is 0 Å². The van der Waals surface area contributed by atoms with Crippen LogP contribution in [-0.2, 0) is 6.42 Å². The zero-order chi connectivity index (χ0) is 10.8. The summed E-state index contributed by atoms with van der Waals surface area (Å²) in [5.41, 5.74) is 1.25. The summed E-state index contributed by atoms with van der Waals surface area (Å²) in [7, 11) is 0. The van der Waals surface area contributed by atoms with E-state index in [1.54, 1.807) is 0 Å². The zero-order valence-corrected chi connectivity index (χ0v) is 10.7. The molecular weight excluding hydrogens is 204 g/mol. The molecule has 0 amide bonds. The quantitative estimate of drug-likeness (QED) is 0.854. The first-order valence-electron chi connectivity index (χ1n) is 5.83. The third-order valence-corrected chi connectivity index (χ3v) is 4.51. The van der Waals surface area contributed by atoms with E-state index in [0.717, 1.165) is 5.92 Å². The lowest BCUT2D eigenvalue weighted by Gasteiger charge is -2.03. The van der Waals surface area contributed by atoms with E-state index in [4.69, 9.17) is 0 Å². The predicted octanol–water partition coefficient (Wildman–Crippen LogP) is 2.73. The maximum atomic E-state index is 4.69. The number of nitrogens with zero attached hydrogens (tertiary/aromatic N) is 1. The molecule has 2 nitrogen and oxygen atoms in total. The fourth-order valence-corrected chi connectivity index (χ4v) is 3.41. The second-order valence-corrected chi connectivity index (χ2v) is 5.89. The molecule has 1 aliphatic heterocycles. The SMILES string of the molecule is Cc1nc(CC2CCNC2)sc1C(C)C. The maximum absolute atomic E-state index is 4.69. The van der Waals surface area contributed by atoms with Crippen molar-refractivity contribution >= 4 is 11.3 Å². The van der Waals surface area contributed by atoms with Gasteiger partial charge in [0.2, 0.25) is 0 Å². The lowest BCUT2D eigenvalue weighted by atomic mass is 10.1. The summed E-state index contributed by atoms with van der Waals surface area (Å²) in [6.07, 6.45) is 2.49. The monoisotopic (exact) mass is 224 g/mol. The Morgan fingerprint density at radius 1 is 1.53 bits per heavy atom. The summed E-state index contributed by atoms with van der Waals surface area (Å²) >= 11 is 1.92. The van der Waals surface area contributed by atoms with Crippen LogP contribution >= 0.6 is 11.3 Å². The number of aromatic nitrogens is 1. The van der Waals surface area contributed by atoms with Crippen molar-refractivity contribution in [2.75, 3.05) is 13.1 Å². The first-order chi connectivity index (χ1) is 7.16. The minimum atomic E-state index is 0.623. The molecule has 1 saturated heterocycles. The lowest BCUT2D eigenvalue weighted by molar-refractivity contribution is 0.578. The van der Waals surface area contributed by atoms with Gasteiger partial charge in [-0.1, -0.05) is 13.8 Å². The molecule has 1 aromatic heterocycles. The lowest BCUT2D eigenvalue weighted by Crippen LogP contribution is -2.10. The van der Waals surface area contributed by atoms with Crippen molar-refractivity contribution in [2.45, 2.75) is 39.5 Å². The van der Waals surface area contributed by atoms with Crippen LogP contribution in [0.4, 0.5) is 0 Å². The number of hydrogen-bond donors (Lipinski definition) is 1. The van der Waals surface area contributed by atoms with Gasteiger partial charge in [-0.15, -0.1) is 11.3 Å². The van der Waals surface area contributed by atoms with Gasteiger partial charge in [-0.25, -0.2) is 4.98 Å². The van der Waals surface area contributed by atoms with Crippen LogP contribution in [0.15, 0.2) is 0 Å². The number of thiazole rings is 1. The van der Waals surface area contributed by atoms with E-state index in [0.29, 0.717) is 5.92 Å². The van der Waals surface area contributed by atoms with Gasteiger partial charge >= 0.3 is 0 Å². The van der Waals surface area contributed by atoms with Gasteiger partial charge in [-0.3, -0.25) is 0 Å². The topological polar surface area (TPSA) is 24.9 Å². The van der Waals surface area contributed by atoms with E-state index in [9.17, 15) is 0 Å². The maximum Gasteiger partial charge on any atom is 0.0934 e. The summed E-state index contributed by atoms with van der Waals surface area (Å²) < 4.78 is 0. The van der Waals surface area contributed by atoms with Crippen LogP contribution in [0.2, 0.25) is 0 Å². The van der Waals surface area contributed by atoms with Crippen LogP contribution < -0.4 is 5.32 Å². The van der Waals surface area contributed by atoms with Crippen molar-refractivity contribution in [3.63, 3.8) is 0 Å². The first kappa shape index (κ1) is 11.1. The van der Waals surface area contributed by atoms with Gasteiger partial charge < -0.3 is 5.32 Å². The highest BCUT2D eigenvalue weighted by molar-refractivity contribution is 7.11. The van der Waals surface area contributed by atoms with Crippen molar-refractivity contribution in [1.29, 1.82) is 0 Å². The Balaban J connectivity index is 2.05. The number of hydrogen-bond acceptors (Lipinski definition) is 3. The van der Waals surface area contributed by atoms with Gasteiger partial charge in [-0.2, -0.15) is 0 Å². The number of nitrogens with one attached hydrogen (secondary N) is 1. The third-order valence-electron chi connectivity index (χ3n) is 3.03. The Hall–Kier alpha value is -0.410. The molecule has 1 atom stereocenters. The van der Waals surface area contributed by atoms with Crippen LogP contribution in [-0.4, -0.2) is 18.1 Å². The molecule has 1 aliphatic rings. The molecule has 0 aromatic carbocycles. The molecule has 84 valence electrons. The fourth-order valence-electron chi connectivity index (χ4n) is 2.22. The average molecular weight is 224 g/mol. The van der Waals surface area contributed by atoms with Gasteiger partial charge in [0.15, 0.2) is 0 Å². The summed E-state index contributed by atoms with van der Waals surface area (Å²) in [6.45, 7) is 9.01. The second kappa shape index (κ2) is 4.62. The molecule has 1 aromatic rings. The Bertz CT molecular complexity index is 324. The van der Waals surface area contributed by atoms with E-state index in [2.05, 4.69) is 31.1 Å². The number of aryl methyl sites for hydroxylation is 1. The smallest absolute Gasteiger partial charge is 0.0934 e. The molecule has 0 spiro atoms. The van der Waals surface area contributed by atoms with Gasteiger partial charge in [0.25, 0.3) is 0 Å². The van der Waals surface area contributed by atoms with Crippen LogP contribution in [0.5, 0.6) is 0 Å². The van der Waals surface area contributed by atoms with Crippen molar-refractivity contribution in [1.82, 2.24) is 10.3 Å². The van der Waals surface area contributed by atoms with Crippen LogP contribution in [0.3, 0.4) is 0 Å². The molecule has 2 heterocycles. The Kier molecular flexibility index (Phi) is 3.42. The molecule has 0 aliphatic carbocycles. The first-order valence-corrected chi connectivity index (χ1v) is 6.65. The normalized spacial score (nSPS) is 21.5. The van der Waals surface area contributed by atoms with Crippen LogP contribution in [0, 0.1) is 12.8 Å². The van der Waals surface area contributed by atoms with Gasteiger partial charge in [0, 0.05) is 11.3 Å². The minimum Gasteiger partial charge on any atom is -0.316 e. The fraction of sp³-hybridized carbons (Fsp3) is 0.750. The van der Waals surface area contributed by atoms with Crippen LogP contribution in [0.25, 0.3) is 0 Å². The Morgan fingerprint density at radius 2 is 2.33 bits per heavy atom. The third kappa shape index (κ3) is 2.58. The molecule has 1 N–H and O–H groups in total. The minimum absolute atomic E-state index is 0.623. The molecular formula is C12H20N2S. The summed E-state index contributed by atoms with van der Waals surface area (Å²) in [4.78, 5) is 6.15. The summed E-state index contributed by atoms with van der Waals surface area (Å²) in [6, 6.07) is 0. The molecule has 15 heavy (non-hydrogen) atoms. The molecule has 0 radical (unpaired) electrons. The highest BCUT2D eigenvalue weighted by Crippen LogP contribution is 2.28. The molecule has 0 bridgehead atoms. The molecule has 1 fully saturated rings. The Labute approximate surface area is 96.1 Å². The molecule has 2 rings (SSSR count). The van der Waals surface area contributed by atoms with Crippen molar-refractivity contribution in [2.24, 2.45) is 5.92 Å². The van der Waals surface area contributed by atoms with E-state index >= 15 is 0 Å². The molecule has 1 unspecified atom stereocenters. The van der Waals surface area contributed by atoms with Crippen molar-refractivity contribution < 1.29 is 0 Å². The van der Waals surface area contributed by atoms with Gasteiger partial charge in [0.1, 0.15) is 0 Å². The predicted molar refractivity (Wildman–Crippen MR) is 65.6 cm³/mol. The Morgan fingerprint density at radius 3 is 2.87 bits per heavy atom. The van der Waals surface area contributed by atoms with E-state index in [1.165, 1.54) is 41.5 Å². The number of rotatable bonds is 3. The highest BCUT2D eigenvalue weighted by Gasteiger charge is 2.18. The molecule has 3 heteroatoms. The highest BCUT2D eigenvalue weighted by atomic mass is 32.1. The summed E-state index contributed by atoms with van der Waals surface area (Å²) in [5.74, 6) is 1.44. The standard InChI is InChI=1S/C12H20N2S/c1-8(2)12-9(3)14-11(15-12)6-10-4-5-13-7-10/h8,10,13H,4-7H2,1-3H3. The average Bonchev–Trinajstić information content (AvgIpc) is 2.75. The second-order valence-electron chi connectivity index (χ2n) is 4.77. The van der Waals surface area contributed by atoms with Crippen molar-refractivity contribution in [3.8, 4) is 0 Å². The van der Waals surface area contributed by atoms with Crippen LogP contribution in [0.1, 0.15) is 41.8 Å². The van der Waals surface area contributed by atoms with Gasteiger partial charge in [-0.05, 0) is 38.3 Å². The van der Waals surface area contributed by atoms with Crippen molar-refractivity contribution in [3.05, 3.63) is 15.6 Å². The van der Waals surface area contributed by atoms with E-state index < -0.39 is 0 Å². The molecule has 0 saturated carbocycles. The van der Waals surface area contributed by atoms with Gasteiger partial charge in [0.05, 0.1) is 10.7 Å². The zero-order valence-electron chi connectivity index (χ0n) is 9.84.